The first-order valence-corrected chi connectivity index (χ1v) is 24.7. The molecule has 0 heterocycles. The summed E-state index contributed by atoms with van der Waals surface area (Å²) in [6.45, 7) is 13.0. The molecule has 8 aromatic carbocycles. The highest BCUT2D eigenvalue weighted by Crippen LogP contribution is 2.41. The van der Waals surface area contributed by atoms with Crippen molar-refractivity contribution in [2.45, 2.75) is 60.4 Å². The molecule has 0 amide bonds. The average molecular weight is 911 g/mol. The third kappa shape index (κ3) is 10.0. The number of aryl methyl sites for hydroxylation is 5. The Morgan fingerprint density at radius 3 is 0.957 bits per heavy atom. The summed E-state index contributed by atoms with van der Waals surface area (Å²) in [5, 5.41) is 0. The first-order valence-electron chi connectivity index (χ1n) is 24.7. The van der Waals surface area contributed by atoms with E-state index in [9.17, 15) is 0 Å². The molecule has 10 rings (SSSR count). The fraction of sp³-hybridized carbons (Fsp3) is 0.152. The van der Waals surface area contributed by atoms with E-state index in [4.69, 9.17) is 0 Å². The van der Waals surface area contributed by atoms with Crippen molar-refractivity contribution in [1.82, 2.24) is 0 Å². The van der Waals surface area contributed by atoms with E-state index in [1.54, 1.807) is 0 Å². The molecule has 0 saturated heterocycles. The summed E-state index contributed by atoms with van der Waals surface area (Å²) in [4.78, 5) is 9.55. The summed E-state index contributed by atoms with van der Waals surface area (Å²) in [6.07, 6.45) is 16.0. The third-order valence-corrected chi connectivity index (χ3v) is 13.7. The van der Waals surface area contributed by atoms with Crippen LogP contribution in [0.25, 0.3) is 5.57 Å². The fourth-order valence-electron chi connectivity index (χ4n) is 9.57. The predicted octanol–water partition coefficient (Wildman–Crippen LogP) is 18.3. The molecule has 0 saturated carbocycles. The first-order chi connectivity index (χ1) is 34.1. The van der Waals surface area contributed by atoms with Crippen LogP contribution < -0.4 is 19.6 Å². The maximum absolute atomic E-state index is 2.49. The molecule has 2 atom stereocenters. The second-order valence-corrected chi connectivity index (χ2v) is 19.2. The van der Waals surface area contributed by atoms with Crippen LogP contribution in [0, 0.1) is 40.5 Å². The van der Waals surface area contributed by atoms with Crippen molar-refractivity contribution in [2.75, 3.05) is 19.6 Å². The molecule has 8 aromatic rings. The summed E-state index contributed by atoms with van der Waals surface area (Å²) in [6, 6.07) is 71.4. The molecule has 2 unspecified atom stereocenters. The minimum atomic E-state index is 0.142. The van der Waals surface area contributed by atoms with Crippen LogP contribution in [0.1, 0.15) is 53.1 Å². The van der Waals surface area contributed by atoms with Crippen LogP contribution >= 0.6 is 0 Å². The molecule has 0 spiro atoms. The van der Waals surface area contributed by atoms with Gasteiger partial charge in [-0.1, -0.05) is 138 Å². The number of allylic oxidation sites excluding steroid dienone is 5. The van der Waals surface area contributed by atoms with Gasteiger partial charge in [0.05, 0.1) is 6.04 Å². The molecular weight excluding hydrogens is 849 g/mol. The zero-order chi connectivity index (χ0) is 48.1. The maximum atomic E-state index is 2.49. The molecule has 0 fully saturated rings. The summed E-state index contributed by atoms with van der Waals surface area (Å²) < 4.78 is 0. The topological polar surface area (TPSA) is 13.0 Å². The van der Waals surface area contributed by atoms with Gasteiger partial charge in [-0.2, -0.15) is 0 Å². The molecule has 2 aliphatic rings. The van der Waals surface area contributed by atoms with Gasteiger partial charge < -0.3 is 19.6 Å². The molecule has 70 heavy (non-hydrogen) atoms. The second kappa shape index (κ2) is 20.3. The van der Waals surface area contributed by atoms with Crippen LogP contribution in [-0.2, 0) is 0 Å². The molecular formula is C66H62N4. The van der Waals surface area contributed by atoms with Gasteiger partial charge in [0.15, 0.2) is 0 Å². The van der Waals surface area contributed by atoms with Gasteiger partial charge in [-0.3, -0.25) is 0 Å². The molecule has 4 heteroatoms. The van der Waals surface area contributed by atoms with Crippen molar-refractivity contribution in [1.29, 1.82) is 0 Å². The summed E-state index contributed by atoms with van der Waals surface area (Å²) >= 11 is 0. The average Bonchev–Trinajstić information content (AvgIpc) is 3.39. The molecule has 346 valence electrons. The van der Waals surface area contributed by atoms with Gasteiger partial charge in [-0.25, -0.2) is 0 Å². The molecule has 2 aliphatic carbocycles. The van der Waals surface area contributed by atoms with E-state index in [0.717, 1.165) is 64.0 Å². The Hall–Kier alpha value is -8.08. The van der Waals surface area contributed by atoms with E-state index in [-0.39, 0.29) is 6.04 Å². The van der Waals surface area contributed by atoms with E-state index in [2.05, 4.69) is 292 Å². The Labute approximate surface area is 416 Å². The fourth-order valence-corrected chi connectivity index (χ4v) is 9.57. The van der Waals surface area contributed by atoms with Crippen LogP contribution in [0.15, 0.2) is 236 Å². The lowest BCUT2D eigenvalue weighted by Crippen LogP contribution is -2.30. The van der Waals surface area contributed by atoms with Gasteiger partial charge in [-0.05, 0) is 192 Å². The number of benzene rings is 8. The molecule has 0 bridgehead atoms. The number of rotatable bonds is 13. The Morgan fingerprint density at radius 1 is 0.314 bits per heavy atom. The number of nitrogens with zero attached hydrogens (tertiary/aromatic N) is 4. The first kappa shape index (κ1) is 45.7. The largest absolute Gasteiger partial charge is 0.334 e. The second-order valence-electron chi connectivity index (χ2n) is 19.2. The normalized spacial score (nSPS) is 15.2. The van der Waals surface area contributed by atoms with Gasteiger partial charge in [0.2, 0.25) is 0 Å². The van der Waals surface area contributed by atoms with E-state index < -0.39 is 0 Å². The summed E-state index contributed by atoms with van der Waals surface area (Å²) in [5.41, 5.74) is 21.2. The minimum absolute atomic E-state index is 0.142. The minimum Gasteiger partial charge on any atom is -0.334 e. The van der Waals surface area contributed by atoms with Crippen molar-refractivity contribution >= 4 is 62.4 Å². The zero-order valence-electron chi connectivity index (χ0n) is 41.3. The lowest BCUT2D eigenvalue weighted by atomic mass is 9.95. The highest BCUT2D eigenvalue weighted by molar-refractivity contribution is 5.84. The van der Waals surface area contributed by atoms with Crippen LogP contribution in [0.2, 0.25) is 0 Å². The van der Waals surface area contributed by atoms with Crippen molar-refractivity contribution < 1.29 is 0 Å². The van der Waals surface area contributed by atoms with Crippen molar-refractivity contribution in [3.05, 3.63) is 270 Å². The van der Waals surface area contributed by atoms with E-state index >= 15 is 0 Å². The van der Waals surface area contributed by atoms with Crippen LogP contribution in [0.4, 0.5) is 56.9 Å². The molecule has 4 nitrogen and oxygen atoms in total. The Morgan fingerprint density at radius 2 is 0.629 bits per heavy atom. The van der Waals surface area contributed by atoms with Gasteiger partial charge >= 0.3 is 0 Å². The Balaban J connectivity index is 0.915. The van der Waals surface area contributed by atoms with Crippen LogP contribution in [0.5, 0.6) is 0 Å². The van der Waals surface area contributed by atoms with Crippen molar-refractivity contribution in [2.24, 2.45) is 5.92 Å². The van der Waals surface area contributed by atoms with E-state index in [0.29, 0.717) is 5.92 Å². The van der Waals surface area contributed by atoms with Crippen LogP contribution in [-0.4, -0.2) is 6.04 Å². The predicted molar refractivity (Wildman–Crippen MR) is 300 cm³/mol. The van der Waals surface area contributed by atoms with Crippen LogP contribution in [0.3, 0.4) is 0 Å². The lowest BCUT2D eigenvalue weighted by molar-refractivity contribution is 0.728. The smallest absolute Gasteiger partial charge is 0.0560 e. The molecule has 0 radical (unpaired) electrons. The number of hydrogen-bond acceptors (Lipinski definition) is 4. The zero-order valence-corrected chi connectivity index (χ0v) is 41.3. The SMILES string of the molecule is Cc1ccc(N(C2=CCC(C)C=C2)c2ccc(N(c3ccc(C)cc3)C3C=CC(c4ccc(N(c5ccc(C)cc5)c5ccc(N(c6ccc(C)cc6)c6ccc(C)cc6)cc5)cc4)=CC3)cc2)cc1. The van der Waals surface area contributed by atoms with E-state index in [1.807, 2.05) is 0 Å². The monoisotopic (exact) mass is 910 g/mol. The summed E-state index contributed by atoms with van der Waals surface area (Å²) in [5.74, 6) is 0.544. The third-order valence-electron chi connectivity index (χ3n) is 13.7. The summed E-state index contributed by atoms with van der Waals surface area (Å²) in [7, 11) is 0. The Bertz CT molecular complexity index is 3110. The molecule has 0 N–H and O–H groups in total. The highest BCUT2D eigenvalue weighted by Gasteiger charge is 2.23. The number of anilines is 10. The van der Waals surface area contributed by atoms with Gasteiger partial charge in [-0.15, -0.1) is 0 Å². The van der Waals surface area contributed by atoms with Gasteiger partial charge in [0.25, 0.3) is 0 Å². The van der Waals surface area contributed by atoms with Crippen molar-refractivity contribution in [3.63, 3.8) is 0 Å². The Kier molecular flexibility index (Phi) is 13.2. The van der Waals surface area contributed by atoms with Crippen molar-refractivity contribution in [3.8, 4) is 0 Å². The van der Waals surface area contributed by atoms with Gasteiger partial charge in [0, 0.05) is 62.6 Å². The molecule has 0 aliphatic heterocycles. The number of hydrogen-bond donors (Lipinski definition) is 0. The van der Waals surface area contributed by atoms with E-state index in [1.165, 1.54) is 50.3 Å². The standard InChI is InChI=1S/C66H62N4/c1-47-7-23-55(24-8-47)67(56-25-9-48(2)10-26-56)63-39-43-65(44-40-63)69(59-31-15-51(5)16-32-59)61-35-19-53(20-36-61)54-21-37-62(38-22-54)70(60-33-17-52(6)18-34-60)66-45-41-64(42-46-66)68(57-27-11-49(3)12-28-57)58-29-13-50(4)14-30-58/h7-13,15-37,39-46,50,62H,14,38H2,1-6H3. The van der Waals surface area contributed by atoms with Gasteiger partial charge in [0.1, 0.15) is 0 Å². The quantitative estimate of drug-likeness (QED) is 0.114. The highest BCUT2D eigenvalue weighted by atomic mass is 15.2. The lowest BCUT2D eigenvalue weighted by Gasteiger charge is -2.34. The molecule has 0 aromatic heterocycles. The maximum Gasteiger partial charge on any atom is 0.0560 e.